The summed E-state index contributed by atoms with van der Waals surface area (Å²) in [5.41, 5.74) is 6.49. The number of urea groups is 1. The molecule has 0 aliphatic carbocycles. The third-order valence-electron chi connectivity index (χ3n) is 7.24. The fraction of sp³-hybridized carbons (Fsp3) is 0.344. The minimum atomic E-state index is -0.356. The zero-order valence-electron chi connectivity index (χ0n) is 23.0. The Kier molecular flexibility index (Phi) is 8.26. The van der Waals surface area contributed by atoms with Crippen LogP contribution in [0, 0.1) is 0 Å². The van der Waals surface area contributed by atoms with E-state index in [9.17, 15) is 4.79 Å². The van der Waals surface area contributed by atoms with E-state index in [1.165, 1.54) is 5.56 Å². The summed E-state index contributed by atoms with van der Waals surface area (Å²) < 4.78 is 11.8. The lowest BCUT2D eigenvalue weighted by atomic mass is 9.93. The minimum Gasteiger partial charge on any atom is -0.440 e. The highest BCUT2D eigenvalue weighted by Gasteiger charge is 2.22. The molecule has 204 valence electrons. The van der Waals surface area contributed by atoms with E-state index < -0.39 is 0 Å². The van der Waals surface area contributed by atoms with E-state index in [1.807, 2.05) is 30.3 Å². The molecule has 0 spiro atoms. The Morgan fingerprint density at radius 1 is 0.923 bits per heavy atom. The standard InChI is InChI=1S/C32H36ClN3O3/c1-20(2)23-9-7-10-24(21(3)4)30(23)34-32(37)35-31-29(25-8-5-6-11-27(25)33)26-18-22(12-13-28(26)39-31)19-36-14-16-38-17-15-36/h5-13,18,20-21H,14-17,19H2,1-4H3,(H2,34,35,37). The molecule has 2 N–H and O–H groups in total. The number of nitrogens with one attached hydrogen (secondary N) is 2. The highest BCUT2D eigenvalue weighted by molar-refractivity contribution is 6.34. The monoisotopic (exact) mass is 545 g/mol. The van der Waals surface area contributed by atoms with Crippen molar-refractivity contribution in [3.05, 3.63) is 82.4 Å². The molecule has 6 nitrogen and oxygen atoms in total. The first kappa shape index (κ1) is 27.3. The molecule has 0 atom stereocenters. The number of rotatable bonds is 7. The van der Waals surface area contributed by atoms with Crippen molar-refractivity contribution in [3.63, 3.8) is 0 Å². The van der Waals surface area contributed by atoms with Crippen LogP contribution in [0.1, 0.15) is 56.2 Å². The normalized spacial score (nSPS) is 14.3. The van der Waals surface area contributed by atoms with Gasteiger partial charge in [0.05, 0.1) is 18.8 Å². The molecule has 0 saturated carbocycles. The zero-order chi connectivity index (χ0) is 27.5. The molecule has 39 heavy (non-hydrogen) atoms. The van der Waals surface area contributed by atoms with E-state index in [4.69, 9.17) is 20.8 Å². The van der Waals surface area contributed by atoms with Crippen LogP contribution in [0.25, 0.3) is 22.1 Å². The van der Waals surface area contributed by atoms with Crippen LogP contribution < -0.4 is 10.6 Å². The van der Waals surface area contributed by atoms with Crippen molar-refractivity contribution >= 4 is 40.2 Å². The number of anilines is 2. The molecule has 4 aromatic rings. The van der Waals surface area contributed by atoms with Gasteiger partial charge < -0.3 is 14.5 Å². The number of benzene rings is 3. The van der Waals surface area contributed by atoms with Gasteiger partial charge in [0.2, 0.25) is 5.88 Å². The number of hydrogen-bond donors (Lipinski definition) is 2. The van der Waals surface area contributed by atoms with Gasteiger partial charge in [-0.2, -0.15) is 0 Å². The van der Waals surface area contributed by atoms with Crippen LogP contribution >= 0.6 is 11.6 Å². The fourth-order valence-corrected chi connectivity index (χ4v) is 5.45. The molecule has 1 aromatic heterocycles. The van der Waals surface area contributed by atoms with E-state index in [0.29, 0.717) is 16.5 Å². The number of nitrogens with zero attached hydrogens (tertiary/aromatic N) is 1. The lowest BCUT2D eigenvalue weighted by molar-refractivity contribution is 0.0342. The van der Waals surface area contributed by atoms with Crippen LogP contribution in [0.15, 0.2) is 65.1 Å². The first-order valence-corrected chi connectivity index (χ1v) is 14.0. The lowest BCUT2D eigenvalue weighted by Gasteiger charge is -2.26. The van der Waals surface area contributed by atoms with Gasteiger partial charge in [-0.3, -0.25) is 10.2 Å². The topological polar surface area (TPSA) is 66.7 Å². The van der Waals surface area contributed by atoms with Crippen molar-refractivity contribution in [2.75, 3.05) is 36.9 Å². The Bertz CT molecular complexity index is 1440. The van der Waals surface area contributed by atoms with Crippen LogP contribution in [-0.2, 0) is 11.3 Å². The second-order valence-electron chi connectivity index (χ2n) is 10.7. The van der Waals surface area contributed by atoms with Crippen molar-refractivity contribution in [2.45, 2.75) is 46.1 Å². The lowest BCUT2D eigenvalue weighted by Crippen LogP contribution is -2.35. The second-order valence-corrected chi connectivity index (χ2v) is 11.1. The van der Waals surface area contributed by atoms with Gasteiger partial charge in [0.25, 0.3) is 0 Å². The summed E-state index contributed by atoms with van der Waals surface area (Å²) in [5.74, 6) is 0.884. The van der Waals surface area contributed by atoms with Gasteiger partial charge in [0, 0.05) is 41.3 Å². The first-order chi connectivity index (χ1) is 18.8. The van der Waals surface area contributed by atoms with Gasteiger partial charge in [0.1, 0.15) is 5.58 Å². The number of furan rings is 1. The number of morpholine rings is 1. The minimum absolute atomic E-state index is 0.258. The van der Waals surface area contributed by atoms with Gasteiger partial charge in [-0.1, -0.05) is 81.8 Å². The quantitative estimate of drug-likeness (QED) is 0.244. The van der Waals surface area contributed by atoms with Crippen LogP contribution in [0.5, 0.6) is 0 Å². The van der Waals surface area contributed by atoms with Gasteiger partial charge in [0.15, 0.2) is 0 Å². The van der Waals surface area contributed by atoms with Crippen LogP contribution in [0.2, 0.25) is 5.02 Å². The molecule has 3 aromatic carbocycles. The van der Waals surface area contributed by atoms with Crippen LogP contribution in [0.4, 0.5) is 16.4 Å². The Morgan fingerprint density at radius 2 is 1.62 bits per heavy atom. The SMILES string of the molecule is CC(C)c1cccc(C(C)C)c1NC(=O)Nc1oc2ccc(CN3CCOCC3)cc2c1-c1ccccc1Cl. The summed E-state index contributed by atoms with van der Waals surface area (Å²) in [4.78, 5) is 15.9. The predicted octanol–water partition coefficient (Wildman–Crippen LogP) is 8.48. The maximum Gasteiger partial charge on any atom is 0.326 e. The molecule has 0 bridgehead atoms. The number of carbonyl (C=O) groups is 1. The van der Waals surface area contributed by atoms with E-state index in [-0.39, 0.29) is 17.9 Å². The zero-order valence-corrected chi connectivity index (χ0v) is 23.8. The maximum absolute atomic E-state index is 13.5. The van der Waals surface area contributed by atoms with Gasteiger partial charge in [-0.15, -0.1) is 0 Å². The van der Waals surface area contributed by atoms with E-state index in [2.05, 4.69) is 73.6 Å². The molecule has 7 heteroatoms. The summed E-state index contributed by atoms with van der Waals surface area (Å²) in [7, 11) is 0. The molecule has 1 saturated heterocycles. The highest BCUT2D eigenvalue weighted by Crippen LogP contribution is 2.42. The van der Waals surface area contributed by atoms with Crippen molar-refractivity contribution < 1.29 is 13.9 Å². The number of fused-ring (bicyclic) bond motifs is 1. The third-order valence-corrected chi connectivity index (χ3v) is 7.57. The molecular weight excluding hydrogens is 510 g/mol. The third kappa shape index (κ3) is 5.98. The molecule has 1 aliphatic heterocycles. The molecule has 2 heterocycles. The number of halogens is 1. The largest absolute Gasteiger partial charge is 0.440 e. The van der Waals surface area contributed by atoms with Crippen molar-refractivity contribution in [1.82, 2.24) is 4.90 Å². The van der Waals surface area contributed by atoms with Crippen molar-refractivity contribution in [1.29, 1.82) is 0 Å². The maximum atomic E-state index is 13.5. The second kappa shape index (κ2) is 11.8. The molecule has 5 rings (SSSR count). The van der Waals surface area contributed by atoms with Crippen LogP contribution in [0.3, 0.4) is 0 Å². The summed E-state index contributed by atoms with van der Waals surface area (Å²) in [5, 5.41) is 7.64. The van der Waals surface area contributed by atoms with Crippen molar-refractivity contribution in [2.24, 2.45) is 0 Å². The Hall–Kier alpha value is -3.32. The molecular formula is C32H36ClN3O3. The Balaban J connectivity index is 1.52. The predicted molar refractivity (Wildman–Crippen MR) is 160 cm³/mol. The summed E-state index contributed by atoms with van der Waals surface area (Å²) in [6.45, 7) is 12.7. The molecule has 1 fully saturated rings. The smallest absolute Gasteiger partial charge is 0.326 e. The van der Waals surface area contributed by atoms with Gasteiger partial charge in [-0.05, 0) is 46.7 Å². The fourth-order valence-electron chi connectivity index (χ4n) is 5.22. The average molecular weight is 546 g/mol. The Labute approximate surface area is 235 Å². The first-order valence-electron chi connectivity index (χ1n) is 13.6. The van der Waals surface area contributed by atoms with Gasteiger partial charge in [-0.25, -0.2) is 4.79 Å². The van der Waals surface area contributed by atoms with E-state index in [0.717, 1.165) is 66.2 Å². The summed E-state index contributed by atoms with van der Waals surface area (Å²) in [6, 6.07) is 19.7. The van der Waals surface area contributed by atoms with Crippen molar-refractivity contribution in [3.8, 4) is 11.1 Å². The molecule has 2 amide bonds. The average Bonchev–Trinajstić information content (AvgIpc) is 3.26. The summed E-state index contributed by atoms with van der Waals surface area (Å²) in [6.07, 6.45) is 0. The number of hydrogen-bond acceptors (Lipinski definition) is 4. The molecule has 0 unspecified atom stereocenters. The highest BCUT2D eigenvalue weighted by atomic mass is 35.5. The number of amides is 2. The van der Waals surface area contributed by atoms with E-state index in [1.54, 1.807) is 0 Å². The number of para-hydroxylation sites is 1. The van der Waals surface area contributed by atoms with E-state index >= 15 is 0 Å². The summed E-state index contributed by atoms with van der Waals surface area (Å²) >= 11 is 6.67. The number of carbonyl (C=O) groups excluding carboxylic acids is 1. The number of ether oxygens (including phenoxy) is 1. The molecule has 0 radical (unpaired) electrons. The van der Waals surface area contributed by atoms with Gasteiger partial charge >= 0.3 is 6.03 Å². The van der Waals surface area contributed by atoms with Crippen LogP contribution in [-0.4, -0.2) is 37.2 Å². The molecule has 1 aliphatic rings. The Morgan fingerprint density at radius 3 is 2.28 bits per heavy atom.